The summed E-state index contributed by atoms with van der Waals surface area (Å²) in [6.45, 7) is 0.476. The molecule has 0 fully saturated rings. The molecule has 0 bridgehead atoms. The second-order valence-electron chi connectivity index (χ2n) is 3.85. The maximum atomic E-state index is 11.6. The molecule has 2 N–H and O–H groups in total. The number of amides is 2. The molecule has 0 radical (unpaired) electrons. The largest absolute Gasteiger partial charge is 0.500 e. The van der Waals surface area contributed by atoms with Crippen LogP contribution in [0, 0.1) is 0 Å². The van der Waals surface area contributed by atoms with Crippen LogP contribution in [0.2, 0.25) is 6.04 Å². The van der Waals surface area contributed by atoms with E-state index in [1.807, 2.05) is 0 Å². The molecule has 9 heteroatoms. The SMILES string of the molecule is CO[Si](CCCNC(=O)Nc1ncccn1)(OC)OC. The monoisotopic (exact) mass is 300 g/mol. The Morgan fingerprint density at radius 1 is 1.20 bits per heavy atom. The molecular weight excluding hydrogens is 280 g/mol. The van der Waals surface area contributed by atoms with Crippen molar-refractivity contribution in [2.75, 3.05) is 33.2 Å². The van der Waals surface area contributed by atoms with E-state index in [4.69, 9.17) is 13.3 Å². The van der Waals surface area contributed by atoms with E-state index in [1.54, 1.807) is 39.8 Å². The molecule has 1 rings (SSSR count). The first kappa shape index (κ1) is 16.5. The molecule has 1 aromatic rings. The van der Waals surface area contributed by atoms with Gasteiger partial charge in [-0.15, -0.1) is 0 Å². The number of aromatic nitrogens is 2. The van der Waals surface area contributed by atoms with Gasteiger partial charge >= 0.3 is 14.8 Å². The van der Waals surface area contributed by atoms with Gasteiger partial charge in [-0.25, -0.2) is 14.8 Å². The molecule has 0 aliphatic rings. The van der Waals surface area contributed by atoms with E-state index in [0.29, 0.717) is 19.0 Å². The Morgan fingerprint density at radius 2 is 1.80 bits per heavy atom. The van der Waals surface area contributed by atoms with Crippen LogP contribution in [0.15, 0.2) is 18.5 Å². The Labute approximate surface area is 119 Å². The molecule has 0 spiro atoms. The van der Waals surface area contributed by atoms with Crippen LogP contribution in [-0.4, -0.2) is 52.7 Å². The minimum Gasteiger partial charge on any atom is -0.377 e. The van der Waals surface area contributed by atoms with Gasteiger partial charge < -0.3 is 18.6 Å². The number of carbonyl (C=O) groups excluding carboxylic acids is 1. The topological polar surface area (TPSA) is 94.6 Å². The first-order valence-electron chi connectivity index (χ1n) is 6.13. The van der Waals surface area contributed by atoms with E-state index < -0.39 is 8.80 Å². The summed E-state index contributed by atoms with van der Waals surface area (Å²) in [7, 11) is 2.12. The predicted molar refractivity (Wildman–Crippen MR) is 75.3 cm³/mol. The number of hydrogen-bond acceptors (Lipinski definition) is 6. The summed E-state index contributed by atoms with van der Waals surface area (Å²) in [5.41, 5.74) is 0. The molecule has 0 unspecified atom stereocenters. The van der Waals surface area contributed by atoms with Gasteiger partial charge in [-0.1, -0.05) is 0 Å². The minimum atomic E-state index is -2.56. The van der Waals surface area contributed by atoms with Crippen molar-refractivity contribution in [3.05, 3.63) is 18.5 Å². The van der Waals surface area contributed by atoms with Crippen LogP contribution in [0.5, 0.6) is 0 Å². The number of rotatable bonds is 8. The van der Waals surface area contributed by atoms with E-state index in [1.165, 1.54) is 0 Å². The molecule has 1 heterocycles. The normalized spacial score (nSPS) is 11.2. The summed E-state index contributed by atoms with van der Waals surface area (Å²) in [4.78, 5) is 19.3. The predicted octanol–water partition coefficient (Wildman–Crippen LogP) is 0.866. The summed E-state index contributed by atoms with van der Waals surface area (Å²) in [5.74, 6) is 0.263. The Kier molecular flexibility index (Phi) is 7.08. The lowest BCUT2D eigenvalue weighted by Gasteiger charge is -2.24. The van der Waals surface area contributed by atoms with Gasteiger partial charge in [0.05, 0.1) is 0 Å². The van der Waals surface area contributed by atoms with Crippen molar-refractivity contribution in [1.29, 1.82) is 0 Å². The van der Waals surface area contributed by atoms with Crippen LogP contribution in [0.4, 0.5) is 10.7 Å². The van der Waals surface area contributed by atoms with Gasteiger partial charge in [0, 0.05) is 46.3 Å². The van der Waals surface area contributed by atoms with Crippen LogP contribution >= 0.6 is 0 Å². The van der Waals surface area contributed by atoms with Crippen molar-refractivity contribution in [3.63, 3.8) is 0 Å². The average Bonchev–Trinajstić information content (AvgIpc) is 2.49. The second-order valence-corrected chi connectivity index (χ2v) is 6.94. The van der Waals surface area contributed by atoms with Crippen LogP contribution in [0.1, 0.15) is 6.42 Å². The van der Waals surface area contributed by atoms with Gasteiger partial charge in [0.15, 0.2) is 0 Å². The van der Waals surface area contributed by atoms with Gasteiger partial charge in [0.1, 0.15) is 0 Å². The van der Waals surface area contributed by atoms with Gasteiger partial charge in [-0.2, -0.15) is 0 Å². The molecule has 8 nitrogen and oxygen atoms in total. The molecule has 0 atom stereocenters. The molecule has 0 aliphatic heterocycles. The average molecular weight is 300 g/mol. The van der Waals surface area contributed by atoms with E-state index in [2.05, 4.69) is 20.6 Å². The van der Waals surface area contributed by atoms with Gasteiger partial charge in [-0.3, -0.25) is 5.32 Å². The van der Waals surface area contributed by atoms with Crippen LogP contribution in [0.3, 0.4) is 0 Å². The summed E-state index contributed by atoms with van der Waals surface area (Å²) < 4.78 is 15.9. The molecule has 0 aromatic carbocycles. The third-order valence-corrected chi connectivity index (χ3v) is 5.50. The van der Waals surface area contributed by atoms with Gasteiger partial charge in [0.2, 0.25) is 5.95 Å². The maximum Gasteiger partial charge on any atom is 0.500 e. The standard InChI is InChI=1S/C11H20N4O4Si/c1-17-20(18-2,19-3)9-5-8-14-11(16)15-10-12-6-4-7-13-10/h4,6-7H,5,8-9H2,1-3H3,(H2,12,13,14,15,16). The third-order valence-electron chi connectivity index (χ3n) is 2.67. The highest BCUT2D eigenvalue weighted by atomic mass is 28.4. The smallest absolute Gasteiger partial charge is 0.377 e. The molecular formula is C11H20N4O4Si. The number of urea groups is 1. The lowest BCUT2D eigenvalue weighted by molar-refractivity contribution is 0.123. The fourth-order valence-corrected chi connectivity index (χ4v) is 3.29. The number of nitrogens with zero attached hydrogens (tertiary/aromatic N) is 2. The zero-order valence-electron chi connectivity index (χ0n) is 11.9. The zero-order valence-corrected chi connectivity index (χ0v) is 12.9. The van der Waals surface area contributed by atoms with E-state index >= 15 is 0 Å². The molecule has 112 valence electrons. The Hall–Kier alpha value is -1.55. The Bertz CT molecular complexity index is 394. The highest BCUT2D eigenvalue weighted by Crippen LogP contribution is 2.14. The van der Waals surface area contributed by atoms with Crippen molar-refractivity contribution in [3.8, 4) is 0 Å². The number of carbonyl (C=O) groups is 1. The molecule has 20 heavy (non-hydrogen) atoms. The molecule has 0 saturated heterocycles. The molecule has 1 aromatic heterocycles. The number of anilines is 1. The lowest BCUT2D eigenvalue weighted by atomic mass is 10.5. The highest BCUT2D eigenvalue weighted by molar-refractivity contribution is 6.60. The third kappa shape index (κ3) is 5.21. The van der Waals surface area contributed by atoms with Crippen molar-refractivity contribution in [1.82, 2.24) is 15.3 Å². The highest BCUT2D eigenvalue weighted by Gasteiger charge is 2.36. The summed E-state index contributed by atoms with van der Waals surface area (Å²) in [6.07, 6.45) is 3.79. The molecule has 0 saturated carbocycles. The Morgan fingerprint density at radius 3 is 2.35 bits per heavy atom. The van der Waals surface area contributed by atoms with Gasteiger partial charge in [-0.05, 0) is 12.5 Å². The summed E-state index contributed by atoms with van der Waals surface area (Å²) in [5, 5.41) is 5.23. The number of nitrogens with one attached hydrogen (secondary N) is 2. The quantitative estimate of drug-likeness (QED) is 0.546. The minimum absolute atomic E-state index is 0.263. The summed E-state index contributed by atoms with van der Waals surface area (Å²) >= 11 is 0. The molecule has 0 aliphatic carbocycles. The van der Waals surface area contributed by atoms with Crippen LogP contribution in [0.25, 0.3) is 0 Å². The fourth-order valence-electron chi connectivity index (χ4n) is 1.57. The second kappa shape index (κ2) is 8.58. The van der Waals surface area contributed by atoms with E-state index in [0.717, 1.165) is 0 Å². The maximum absolute atomic E-state index is 11.6. The number of hydrogen-bond donors (Lipinski definition) is 2. The van der Waals surface area contributed by atoms with Gasteiger partial charge in [0.25, 0.3) is 0 Å². The summed E-state index contributed by atoms with van der Waals surface area (Å²) in [6, 6.07) is 1.95. The van der Waals surface area contributed by atoms with Crippen molar-refractivity contribution in [2.45, 2.75) is 12.5 Å². The zero-order chi connectivity index (χ0) is 14.8. The van der Waals surface area contributed by atoms with Crippen molar-refractivity contribution < 1.29 is 18.1 Å². The van der Waals surface area contributed by atoms with Crippen LogP contribution < -0.4 is 10.6 Å². The lowest BCUT2D eigenvalue weighted by Crippen LogP contribution is -2.43. The first-order chi connectivity index (χ1) is 9.65. The first-order valence-corrected chi connectivity index (χ1v) is 8.06. The van der Waals surface area contributed by atoms with Crippen molar-refractivity contribution >= 4 is 20.8 Å². The van der Waals surface area contributed by atoms with E-state index in [-0.39, 0.29) is 12.0 Å². The van der Waals surface area contributed by atoms with Crippen LogP contribution in [-0.2, 0) is 13.3 Å². The Balaban J connectivity index is 2.25. The van der Waals surface area contributed by atoms with Crippen molar-refractivity contribution in [2.24, 2.45) is 0 Å². The molecule has 2 amide bonds. The van der Waals surface area contributed by atoms with E-state index in [9.17, 15) is 4.79 Å². The fraction of sp³-hybridized carbons (Fsp3) is 0.545.